The smallest absolute Gasteiger partial charge is 0.261 e. The van der Waals surface area contributed by atoms with Gasteiger partial charge in [-0.15, -0.1) is 0 Å². The number of pyridine rings is 1. The number of carbonyl (C=O) groups is 1. The molecule has 0 unspecified atom stereocenters. The molecule has 5 nitrogen and oxygen atoms in total. The molecule has 0 aliphatic heterocycles. The number of halogens is 1. The Bertz CT molecular complexity index is 729. The number of nitrogens with one attached hydrogen (secondary N) is 2. The number of hydrogen-bond donors (Lipinski definition) is 2. The van der Waals surface area contributed by atoms with Crippen molar-refractivity contribution in [1.29, 1.82) is 5.26 Å². The molecule has 0 fully saturated rings. The lowest BCUT2D eigenvalue weighted by atomic mass is 10.1. The predicted molar refractivity (Wildman–Crippen MR) is 75.5 cm³/mol. The van der Waals surface area contributed by atoms with Gasteiger partial charge in [0.05, 0.1) is 6.07 Å². The third-order valence-electron chi connectivity index (χ3n) is 2.64. The topological polar surface area (TPSA) is 85.8 Å². The first-order chi connectivity index (χ1) is 9.61. The van der Waals surface area contributed by atoms with Crippen molar-refractivity contribution < 1.29 is 4.79 Å². The monoisotopic (exact) mass is 287 g/mol. The van der Waals surface area contributed by atoms with Gasteiger partial charge in [0, 0.05) is 10.7 Å². The van der Waals surface area contributed by atoms with E-state index in [0.717, 1.165) is 5.56 Å². The molecule has 0 aliphatic carbocycles. The van der Waals surface area contributed by atoms with Crippen molar-refractivity contribution in [3.63, 3.8) is 0 Å². The van der Waals surface area contributed by atoms with Crippen LogP contribution in [0.2, 0.25) is 5.02 Å². The van der Waals surface area contributed by atoms with Crippen LogP contribution in [0.5, 0.6) is 0 Å². The summed E-state index contributed by atoms with van der Waals surface area (Å²) in [4.78, 5) is 26.1. The summed E-state index contributed by atoms with van der Waals surface area (Å²) >= 11 is 5.79. The fourth-order valence-electron chi connectivity index (χ4n) is 1.67. The van der Waals surface area contributed by atoms with E-state index in [4.69, 9.17) is 16.9 Å². The average molecular weight is 288 g/mol. The Labute approximate surface area is 119 Å². The summed E-state index contributed by atoms with van der Waals surface area (Å²) in [5, 5.41) is 11.3. The molecule has 0 atom stereocenters. The summed E-state index contributed by atoms with van der Waals surface area (Å²) in [7, 11) is 0. The minimum absolute atomic E-state index is 0.0297. The Morgan fingerprint density at radius 1 is 1.25 bits per heavy atom. The highest BCUT2D eigenvalue weighted by Gasteiger charge is 2.10. The van der Waals surface area contributed by atoms with Gasteiger partial charge in [-0.2, -0.15) is 5.26 Å². The number of amides is 1. The molecule has 0 aliphatic rings. The highest BCUT2D eigenvalue weighted by atomic mass is 35.5. The van der Waals surface area contributed by atoms with E-state index in [1.54, 1.807) is 36.4 Å². The van der Waals surface area contributed by atoms with Gasteiger partial charge in [-0.3, -0.25) is 9.59 Å². The van der Waals surface area contributed by atoms with E-state index in [1.807, 2.05) is 0 Å². The van der Waals surface area contributed by atoms with E-state index < -0.39 is 11.5 Å². The Morgan fingerprint density at radius 3 is 2.55 bits per heavy atom. The Hall–Kier alpha value is -2.58. The van der Waals surface area contributed by atoms with Gasteiger partial charge in [0.1, 0.15) is 12.1 Å². The number of benzene rings is 1. The minimum atomic E-state index is -0.574. The lowest BCUT2D eigenvalue weighted by Gasteiger charge is -2.04. The van der Waals surface area contributed by atoms with Crippen molar-refractivity contribution in [2.24, 2.45) is 0 Å². The first-order valence-corrected chi connectivity index (χ1v) is 6.14. The molecule has 0 bridgehead atoms. The van der Waals surface area contributed by atoms with E-state index in [2.05, 4.69) is 10.3 Å². The molecule has 2 aromatic rings. The first kappa shape index (κ1) is 13.8. The maximum absolute atomic E-state index is 11.9. The second kappa shape index (κ2) is 6.04. The molecule has 20 heavy (non-hydrogen) atoms. The van der Waals surface area contributed by atoms with Crippen LogP contribution < -0.4 is 10.9 Å². The Balaban J connectivity index is 2.31. The summed E-state index contributed by atoms with van der Waals surface area (Å²) in [6.07, 6.45) is 0. The molecule has 1 aromatic heterocycles. The zero-order chi connectivity index (χ0) is 14.5. The van der Waals surface area contributed by atoms with Crippen molar-refractivity contribution in [1.82, 2.24) is 10.3 Å². The van der Waals surface area contributed by atoms with Gasteiger partial charge >= 0.3 is 0 Å². The summed E-state index contributed by atoms with van der Waals surface area (Å²) in [5.41, 5.74) is 0.838. The Kier molecular flexibility index (Phi) is 4.18. The summed E-state index contributed by atoms with van der Waals surface area (Å²) in [5.74, 6) is -0.574. The first-order valence-electron chi connectivity index (χ1n) is 5.76. The van der Waals surface area contributed by atoms with Crippen LogP contribution in [0.15, 0.2) is 41.2 Å². The van der Waals surface area contributed by atoms with Crippen LogP contribution in [0.25, 0.3) is 11.3 Å². The molecule has 0 radical (unpaired) electrons. The third-order valence-corrected chi connectivity index (χ3v) is 2.89. The van der Waals surface area contributed by atoms with E-state index in [0.29, 0.717) is 10.7 Å². The summed E-state index contributed by atoms with van der Waals surface area (Å²) in [6.45, 7) is -0.142. The van der Waals surface area contributed by atoms with E-state index in [1.165, 1.54) is 6.07 Å². The van der Waals surface area contributed by atoms with Gasteiger partial charge < -0.3 is 10.3 Å². The molecular formula is C14H10ClN3O2. The molecule has 0 saturated carbocycles. The zero-order valence-electron chi connectivity index (χ0n) is 10.3. The number of carbonyl (C=O) groups excluding carboxylic acids is 1. The molecule has 1 amide bonds. The van der Waals surface area contributed by atoms with Crippen LogP contribution in [-0.4, -0.2) is 17.4 Å². The number of aromatic nitrogens is 1. The number of H-pyrrole nitrogens is 1. The van der Waals surface area contributed by atoms with Gasteiger partial charge in [0.15, 0.2) is 0 Å². The lowest BCUT2D eigenvalue weighted by molar-refractivity contribution is 0.0957. The van der Waals surface area contributed by atoms with Gasteiger partial charge in [0.25, 0.3) is 11.5 Å². The SMILES string of the molecule is N#CCNC(=O)c1ccc(-c2ccc(Cl)cc2)[nH]c1=O. The van der Waals surface area contributed by atoms with Crippen molar-refractivity contribution in [2.75, 3.05) is 6.54 Å². The van der Waals surface area contributed by atoms with E-state index in [-0.39, 0.29) is 12.1 Å². The molecule has 1 aromatic carbocycles. The molecular weight excluding hydrogens is 278 g/mol. The van der Waals surface area contributed by atoms with Crippen molar-refractivity contribution in [3.05, 3.63) is 57.3 Å². The predicted octanol–water partition coefficient (Wildman–Crippen LogP) is 1.95. The number of hydrogen-bond acceptors (Lipinski definition) is 3. The van der Waals surface area contributed by atoms with Gasteiger partial charge in [0.2, 0.25) is 0 Å². The minimum Gasteiger partial charge on any atom is -0.339 e. The fraction of sp³-hybridized carbons (Fsp3) is 0.0714. The van der Waals surface area contributed by atoms with Gasteiger partial charge in [-0.25, -0.2) is 0 Å². The molecule has 2 rings (SSSR count). The van der Waals surface area contributed by atoms with Crippen LogP contribution >= 0.6 is 11.6 Å². The maximum Gasteiger partial charge on any atom is 0.261 e. The van der Waals surface area contributed by atoms with Crippen LogP contribution in [0.1, 0.15) is 10.4 Å². The van der Waals surface area contributed by atoms with Crippen LogP contribution in [0.3, 0.4) is 0 Å². The summed E-state index contributed by atoms with van der Waals surface area (Å²) in [6, 6.07) is 11.8. The lowest BCUT2D eigenvalue weighted by Crippen LogP contribution is -2.29. The number of nitriles is 1. The maximum atomic E-state index is 11.9. The average Bonchev–Trinajstić information content (AvgIpc) is 2.45. The van der Waals surface area contributed by atoms with Crippen LogP contribution in [-0.2, 0) is 0 Å². The van der Waals surface area contributed by atoms with E-state index in [9.17, 15) is 9.59 Å². The highest BCUT2D eigenvalue weighted by molar-refractivity contribution is 6.30. The van der Waals surface area contributed by atoms with Crippen molar-refractivity contribution in [2.45, 2.75) is 0 Å². The Morgan fingerprint density at radius 2 is 1.95 bits per heavy atom. The molecule has 6 heteroatoms. The molecule has 0 spiro atoms. The quantitative estimate of drug-likeness (QED) is 0.846. The third kappa shape index (κ3) is 3.05. The van der Waals surface area contributed by atoms with Crippen LogP contribution in [0.4, 0.5) is 0 Å². The zero-order valence-corrected chi connectivity index (χ0v) is 11.1. The number of aromatic amines is 1. The van der Waals surface area contributed by atoms with Crippen LogP contribution in [0, 0.1) is 11.3 Å². The summed E-state index contributed by atoms with van der Waals surface area (Å²) < 4.78 is 0. The normalized spacial score (nSPS) is 9.80. The molecule has 2 N–H and O–H groups in total. The largest absolute Gasteiger partial charge is 0.339 e. The fourth-order valence-corrected chi connectivity index (χ4v) is 1.79. The second-order valence-corrected chi connectivity index (χ2v) is 4.40. The standard InChI is InChI=1S/C14H10ClN3O2/c15-10-3-1-9(2-4-10)12-6-5-11(14(20)18-12)13(19)17-8-7-16/h1-6H,8H2,(H,17,19)(H,18,20). The molecule has 0 saturated heterocycles. The second-order valence-electron chi connectivity index (χ2n) is 3.96. The number of nitrogens with zero attached hydrogens (tertiary/aromatic N) is 1. The van der Waals surface area contributed by atoms with E-state index >= 15 is 0 Å². The molecule has 1 heterocycles. The highest BCUT2D eigenvalue weighted by Crippen LogP contribution is 2.18. The number of rotatable bonds is 3. The molecule has 100 valence electrons. The van der Waals surface area contributed by atoms with Crippen molar-refractivity contribution >= 4 is 17.5 Å². The van der Waals surface area contributed by atoms with Gasteiger partial charge in [-0.1, -0.05) is 23.7 Å². The van der Waals surface area contributed by atoms with Crippen molar-refractivity contribution in [3.8, 4) is 17.3 Å². The van der Waals surface area contributed by atoms with Gasteiger partial charge in [-0.05, 0) is 29.8 Å².